The third-order valence-corrected chi connectivity index (χ3v) is 5.51. The number of aliphatic hydroxyl groups excluding tert-OH is 4. The van der Waals surface area contributed by atoms with Gasteiger partial charge in [-0.3, -0.25) is 4.79 Å². The summed E-state index contributed by atoms with van der Waals surface area (Å²) in [6.07, 6.45) is -5.40. The van der Waals surface area contributed by atoms with Crippen molar-refractivity contribution in [1.29, 1.82) is 0 Å². The Morgan fingerprint density at radius 1 is 1.28 bits per heavy atom. The lowest BCUT2D eigenvalue weighted by atomic mass is 9.80. The molecular weight excluding hydrogens is 336 g/mol. The molecule has 0 bridgehead atoms. The maximum Gasteiger partial charge on any atom is 0.207 e. The maximum absolute atomic E-state index is 11.2. The molecule has 1 saturated carbocycles. The molecule has 2 heterocycles. The van der Waals surface area contributed by atoms with Crippen LogP contribution in [0.1, 0.15) is 19.8 Å². The van der Waals surface area contributed by atoms with Crippen molar-refractivity contribution in [2.24, 2.45) is 11.8 Å². The molecule has 25 heavy (non-hydrogen) atoms. The first-order chi connectivity index (χ1) is 11.8. The van der Waals surface area contributed by atoms with E-state index in [0.29, 0.717) is 19.1 Å². The second kappa shape index (κ2) is 6.92. The summed E-state index contributed by atoms with van der Waals surface area (Å²) in [6, 6.07) is 0. The van der Waals surface area contributed by atoms with Crippen molar-refractivity contribution >= 4 is 6.29 Å². The smallest absolute Gasteiger partial charge is 0.207 e. The molecule has 1 aliphatic carbocycles. The molecule has 3 aliphatic rings. The Bertz CT molecular complexity index is 536. The summed E-state index contributed by atoms with van der Waals surface area (Å²) in [7, 11) is 0. The molecular formula is C16H24O9. The molecule has 0 spiro atoms. The van der Waals surface area contributed by atoms with Crippen LogP contribution >= 0.6 is 0 Å². The number of hydrogen-bond acceptors (Lipinski definition) is 9. The lowest BCUT2D eigenvalue weighted by Crippen LogP contribution is -2.61. The largest absolute Gasteiger partial charge is 0.471 e. The Labute approximate surface area is 144 Å². The highest BCUT2D eigenvalue weighted by Crippen LogP contribution is 2.49. The van der Waals surface area contributed by atoms with Gasteiger partial charge in [0.25, 0.3) is 0 Å². The Morgan fingerprint density at radius 2 is 2.00 bits per heavy atom. The van der Waals surface area contributed by atoms with Crippen LogP contribution < -0.4 is 0 Å². The number of carbonyl (C=O) groups excluding carboxylic acids is 1. The molecule has 0 aromatic heterocycles. The van der Waals surface area contributed by atoms with Crippen molar-refractivity contribution in [2.75, 3.05) is 6.61 Å². The van der Waals surface area contributed by atoms with E-state index in [9.17, 15) is 30.3 Å². The Kier molecular flexibility index (Phi) is 5.18. The van der Waals surface area contributed by atoms with E-state index in [1.807, 2.05) is 6.92 Å². The average Bonchev–Trinajstić information content (AvgIpc) is 2.91. The number of aliphatic hydroxyl groups is 5. The predicted octanol–water partition coefficient (Wildman–Crippen LogP) is -1.98. The molecule has 9 nitrogen and oxygen atoms in total. The highest BCUT2D eigenvalue weighted by atomic mass is 16.8. The van der Waals surface area contributed by atoms with Crippen LogP contribution in [0.4, 0.5) is 0 Å². The van der Waals surface area contributed by atoms with Crippen LogP contribution in [0, 0.1) is 11.8 Å². The van der Waals surface area contributed by atoms with Gasteiger partial charge in [-0.05, 0) is 18.8 Å². The molecule has 9 atom stereocenters. The monoisotopic (exact) mass is 360 g/mol. The second-order valence-corrected chi connectivity index (χ2v) is 6.99. The number of rotatable bonds is 4. The van der Waals surface area contributed by atoms with Crippen molar-refractivity contribution in [2.45, 2.75) is 62.4 Å². The van der Waals surface area contributed by atoms with Crippen LogP contribution in [0.15, 0.2) is 11.8 Å². The van der Waals surface area contributed by atoms with Gasteiger partial charge in [0, 0.05) is 0 Å². The first-order valence-corrected chi connectivity index (χ1v) is 8.33. The summed E-state index contributed by atoms with van der Waals surface area (Å²) in [5.41, 5.74) is -1.26. The molecule has 0 aromatic carbocycles. The molecule has 5 N–H and O–H groups in total. The van der Waals surface area contributed by atoms with E-state index in [4.69, 9.17) is 14.2 Å². The van der Waals surface area contributed by atoms with Crippen LogP contribution in [0.25, 0.3) is 0 Å². The first-order valence-electron chi connectivity index (χ1n) is 8.33. The maximum atomic E-state index is 11.2. The Balaban J connectivity index is 1.80. The third kappa shape index (κ3) is 2.99. The van der Waals surface area contributed by atoms with E-state index in [0.717, 1.165) is 6.26 Å². The summed E-state index contributed by atoms with van der Waals surface area (Å²) in [5.74, 6) is -0.589. The Hall–Kier alpha value is -1.07. The fourth-order valence-corrected chi connectivity index (χ4v) is 3.98. The SMILES string of the molecule is C[C@H]1CC[C@]2(O)C(C=O)=CO[C@@H](O[C@@H]3O[C@H](CO)[C@H](O)[C@H](O)[C@H]3O)[C@H]12. The van der Waals surface area contributed by atoms with Crippen molar-refractivity contribution in [1.82, 2.24) is 0 Å². The van der Waals surface area contributed by atoms with Crippen molar-refractivity contribution < 1.29 is 44.5 Å². The van der Waals surface area contributed by atoms with Gasteiger partial charge in [0.2, 0.25) is 6.29 Å². The summed E-state index contributed by atoms with van der Waals surface area (Å²) < 4.78 is 16.4. The van der Waals surface area contributed by atoms with E-state index >= 15 is 0 Å². The third-order valence-electron chi connectivity index (χ3n) is 5.51. The van der Waals surface area contributed by atoms with Crippen molar-refractivity contribution in [3.05, 3.63) is 11.8 Å². The molecule has 2 aliphatic heterocycles. The van der Waals surface area contributed by atoms with E-state index < -0.39 is 55.1 Å². The molecule has 0 aromatic rings. The molecule has 0 amide bonds. The van der Waals surface area contributed by atoms with E-state index in [1.165, 1.54) is 0 Å². The van der Waals surface area contributed by atoms with Gasteiger partial charge in [-0.2, -0.15) is 0 Å². The minimum absolute atomic E-state index is 0.0245. The number of fused-ring (bicyclic) bond motifs is 1. The summed E-state index contributed by atoms with van der Waals surface area (Å²) >= 11 is 0. The van der Waals surface area contributed by atoms with Crippen molar-refractivity contribution in [3.8, 4) is 0 Å². The second-order valence-electron chi connectivity index (χ2n) is 6.99. The number of aldehydes is 1. The summed E-state index contributed by atoms with van der Waals surface area (Å²) in [4.78, 5) is 11.2. The molecule has 0 unspecified atom stereocenters. The lowest BCUT2D eigenvalue weighted by Gasteiger charge is -2.44. The predicted molar refractivity (Wildman–Crippen MR) is 80.7 cm³/mol. The molecule has 1 saturated heterocycles. The van der Waals surface area contributed by atoms with E-state index in [2.05, 4.69) is 0 Å². The minimum Gasteiger partial charge on any atom is -0.471 e. The molecule has 2 fully saturated rings. The molecule has 142 valence electrons. The highest BCUT2D eigenvalue weighted by molar-refractivity contribution is 5.76. The minimum atomic E-state index is -1.57. The summed E-state index contributed by atoms with van der Waals surface area (Å²) in [5, 5.41) is 49.9. The van der Waals surface area contributed by atoms with Crippen LogP contribution in [-0.2, 0) is 19.0 Å². The van der Waals surface area contributed by atoms with E-state index in [1.54, 1.807) is 0 Å². The number of carbonyl (C=O) groups is 1. The zero-order chi connectivity index (χ0) is 18.4. The zero-order valence-corrected chi connectivity index (χ0v) is 13.8. The van der Waals surface area contributed by atoms with Crippen LogP contribution in [0.5, 0.6) is 0 Å². The van der Waals surface area contributed by atoms with Crippen LogP contribution in [0.2, 0.25) is 0 Å². The normalized spacial score (nSPS) is 49.9. The van der Waals surface area contributed by atoms with Gasteiger partial charge in [0.1, 0.15) is 30.0 Å². The fourth-order valence-electron chi connectivity index (χ4n) is 3.98. The molecule has 3 rings (SSSR count). The quantitative estimate of drug-likeness (QED) is 0.360. The van der Waals surface area contributed by atoms with Crippen LogP contribution in [0.3, 0.4) is 0 Å². The number of hydrogen-bond donors (Lipinski definition) is 5. The van der Waals surface area contributed by atoms with Gasteiger partial charge in [0.05, 0.1) is 24.4 Å². The topological polar surface area (TPSA) is 146 Å². The van der Waals surface area contributed by atoms with Gasteiger partial charge < -0.3 is 39.7 Å². The Morgan fingerprint density at radius 3 is 2.64 bits per heavy atom. The standard InChI is InChI=1S/C16H24O9/c1-7-2-3-16(22)8(4-17)6-23-14(10(7)16)25-15-13(21)12(20)11(19)9(5-18)24-15/h4,6-7,9-15,18-22H,2-3,5H2,1H3/t7-,9+,10-,11-,12-,13+,14-,15-,16-/m0/s1. The van der Waals surface area contributed by atoms with Gasteiger partial charge >= 0.3 is 0 Å². The van der Waals surface area contributed by atoms with Gasteiger partial charge in [-0.1, -0.05) is 6.92 Å². The van der Waals surface area contributed by atoms with E-state index in [-0.39, 0.29) is 11.5 Å². The van der Waals surface area contributed by atoms with Crippen LogP contribution in [-0.4, -0.2) is 81.0 Å². The fraction of sp³-hybridized carbons (Fsp3) is 0.812. The van der Waals surface area contributed by atoms with Crippen molar-refractivity contribution in [3.63, 3.8) is 0 Å². The van der Waals surface area contributed by atoms with Gasteiger partial charge in [-0.15, -0.1) is 0 Å². The first kappa shape index (κ1) is 18.7. The zero-order valence-electron chi connectivity index (χ0n) is 13.8. The summed E-state index contributed by atoms with van der Waals surface area (Å²) in [6.45, 7) is 1.32. The van der Waals surface area contributed by atoms with Gasteiger partial charge in [0.15, 0.2) is 12.6 Å². The lowest BCUT2D eigenvalue weighted by molar-refractivity contribution is -0.346. The average molecular weight is 360 g/mol. The van der Waals surface area contributed by atoms with Gasteiger partial charge in [-0.25, -0.2) is 0 Å². The molecule has 0 radical (unpaired) electrons. The highest BCUT2D eigenvalue weighted by Gasteiger charge is 2.56. The number of ether oxygens (including phenoxy) is 3. The molecule has 9 heteroatoms.